The highest BCUT2D eigenvalue weighted by Gasteiger charge is 2.64. The summed E-state index contributed by atoms with van der Waals surface area (Å²) >= 11 is 0. The van der Waals surface area contributed by atoms with E-state index in [1.165, 1.54) is 13.8 Å². The van der Waals surface area contributed by atoms with Gasteiger partial charge in [-0.1, -0.05) is 46.3 Å². The van der Waals surface area contributed by atoms with E-state index < -0.39 is 211 Å². The fourth-order valence-electron chi connectivity index (χ4n) is 17.0. The third-order valence-corrected chi connectivity index (χ3v) is 23.3. The smallest absolute Gasteiger partial charge is 0.394 e. The van der Waals surface area contributed by atoms with Gasteiger partial charge in [-0.25, -0.2) is 4.18 Å². The number of fused-ring (bicyclic) bond motifs is 5. The summed E-state index contributed by atoms with van der Waals surface area (Å²) in [5.74, 6) is -3.52. The number of hydrogen-bond acceptors (Lipinski definition) is 27. The summed E-state index contributed by atoms with van der Waals surface area (Å²) in [5, 5.41) is 145. The molecule has 0 aromatic carbocycles. The summed E-state index contributed by atoms with van der Waals surface area (Å²) in [4.78, 5) is 13.7. The summed E-state index contributed by atoms with van der Waals surface area (Å²) in [6.45, 7) is 15.7. The van der Waals surface area contributed by atoms with Crippen LogP contribution >= 0.6 is 0 Å². The Bertz CT molecular complexity index is 2570. The zero-order valence-electron chi connectivity index (χ0n) is 53.7. The predicted molar refractivity (Wildman–Crippen MR) is 314 cm³/mol. The zero-order valence-corrected chi connectivity index (χ0v) is 54.5. The maximum atomic E-state index is 13.7. The second-order valence-corrected chi connectivity index (χ2v) is 30.1. The molecule has 0 bridgehead atoms. The van der Waals surface area contributed by atoms with Crippen molar-refractivity contribution in [3.8, 4) is 0 Å². The van der Waals surface area contributed by atoms with Crippen molar-refractivity contribution in [1.82, 2.24) is 0 Å². The summed E-state index contributed by atoms with van der Waals surface area (Å²) in [5.41, 5.74) is -1.42. The van der Waals surface area contributed by atoms with Gasteiger partial charge in [0.05, 0.1) is 93.6 Å². The van der Waals surface area contributed by atoms with E-state index in [0.29, 0.717) is 32.1 Å². The minimum absolute atomic E-state index is 0.0181. The molecule has 5 heterocycles. The number of carbonyl (C=O) groups excluding carboxylic acids is 1. The largest absolute Gasteiger partial charge is 0.397 e. The van der Waals surface area contributed by atoms with Crippen LogP contribution in [0.3, 0.4) is 0 Å². The lowest BCUT2D eigenvalue weighted by Crippen LogP contribution is -2.66. The maximum Gasteiger partial charge on any atom is 0.397 e. The van der Waals surface area contributed by atoms with Gasteiger partial charge in [0, 0.05) is 24.2 Å². The SMILES string of the molecule is CC(C)C(C)C(=O)CC(C)(O)[C@H]1CCC2C3CC(OC4O[C@H](C)[C@@H](O)[C@@H](COC[C@@H]5O[C@H](C)[C@@H](O)[C@@H](COC[C@@H]6O[C@H](C)[C@@H](O)[C@H](O)[C@H]6O)[C@H]5O)[C@H]4O[C@@H]4O[C@H](CO)[C@H](O)[C@H](O)[C@H]4O[C@@H]4O[C@H](C)[C@H](O)[C@H](O)[C@H]4O)C4C[C@@H](OS(=O)(=O)O)CC[C@]4(C)C3=CC[C@@]21C. The molecule has 9 rings (SSSR count). The molecule has 7 unspecified atom stereocenters. The molecule has 0 aromatic rings. The van der Waals surface area contributed by atoms with Crippen molar-refractivity contribution in [2.75, 3.05) is 33.0 Å². The third kappa shape index (κ3) is 15.0. The molecule has 5 saturated heterocycles. The molecule has 0 amide bonds. The molecule has 35 atom stereocenters. The first-order valence-corrected chi connectivity index (χ1v) is 34.0. The number of Topliss-reactive ketones (excluding diaryl/α,β-unsaturated/α-hetero) is 1. The van der Waals surface area contributed by atoms with Crippen LogP contribution in [0.4, 0.5) is 0 Å². The van der Waals surface area contributed by atoms with Crippen molar-refractivity contribution in [3.63, 3.8) is 0 Å². The normalized spacial score (nSPS) is 49.9. The second kappa shape index (κ2) is 29.0. The Morgan fingerprint density at radius 2 is 1.15 bits per heavy atom. The van der Waals surface area contributed by atoms with Gasteiger partial charge >= 0.3 is 10.4 Å². The predicted octanol–water partition coefficient (Wildman–Crippen LogP) is -1.46. The van der Waals surface area contributed by atoms with E-state index in [9.17, 15) is 84.1 Å². The fraction of sp³-hybridized carbons (Fsp3) is 0.952. The molecule has 0 radical (unpaired) electrons. The van der Waals surface area contributed by atoms with Gasteiger partial charge in [0.25, 0.3) is 0 Å². The first-order chi connectivity index (χ1) is 42.5. The number of allylic oxidation sites excluding steroid dienone is 2. The Balaban J connectivity index is 1.04. The molecule has 3 saturated carbocycles. The molecule has 28 nitrogen and oxygen atoms in total. The van der Waals surface area contributed by atoms with Crippen LogP contribution in [0, 0.1) is 58.2 Å². The van der Waals surface area contributed by atoms with Gasteiger partial charge in [-0.15, -0.1) is 0 Å². The van der Waals surface area contributed by atoms with Gasteiger partial charge in [0.15, 0.2) is 18.9 Å². The van der Waals surface area contributed by atoms with E-state index in [1.54, 1.807) is 20.8 Å². The van der Waals surface area contributed by atoms with Crippen LogP contribution in [0.1, 0.15) is 121 Å². The average molecular weight is 1330 g/mol. The van der Waals surface area contributed by atoms with Gasteiger partial charge in [0.1, 0.15) is 85.1 Å². The highest BCUT2D eigenvalue weighted by molar-refractivity contribution is 7.80. The van der Waals surface area contributed by atoms with Crippen LogP contribution in [0.2, 0.25) is 0 Å². The van der Waals surface area contributed by atoms with Crippen molar-refractivity contribution in [3.05, 3.63) is 11.6 Å². The number of rotatable bonds is 22. The van der Waals surface area contributed by atoms with E-state index in [1.807, 2.05) is 20.8 Å². The monoisotopic (exact) mass is 1330 g/mol. The molecule has 8 fully saturated rings. The number of hydrogen-bond donors (Lipinski definition) is 14. The zero-order chi connectivity index (χ0) is 66.9. The summed E-state index contributed by atoms with van der Waals surface area (Å²) in [6.07, 6.45) is -30.7. The average Bonchev–Trinajstić information content (AvgIpc) is 1.69. The molecule has 0 spiro atoms. The molecular weight excluding hydrogens is 1220 g/mol. The first-order valence-electron chi connectivity index (χ1n) is 32.6. The fourth-order valence-corrected chi connectivity index (χ4v) is 17.5. The van der Waals surface area contributed by atoms with Crippen LogP contribution < -0.4 is 0 Å². The van der Waals surface area contributed by atoms with Crippen LogP contribution in [-0.2, 0) is 66.7 Å². The summed E-state index contributed by atoms with van der Waals surface area (Å²) in [6, 6.07) is 0. The number of ketones is 1. The van der Waals surface area contributed by atoms with Crippen molar-refractivity contribution in [1.29, 1.82) is 0 Å². The molecule has 5 aliphatic heterocycles. The summed E-state index contributed by atoms with van der Waals surface area (Å²) in [7, 11) is -4.94. The van der Waals surface area contributed by atoms with E-state index in [4.69, 9.17) is 51.6 Å². The number of aliphatic hydroxyl groups is 13. The Morgan fingerprint density at radius 3 is 1.78 bits per heavy atom. The lowest BCUT2D eigenvalue weighted by Gasteiger charge is -2.60. The minimum atomic E-state index is -4.94. The van der Waals surface area contributed by atoms with Gasteiger partial charge in [-0.3, -0.25) is 9.35 Å². The van der Waals surface area contributed by atoms with E-state index in [-0.39, 0.29) is 74.5 Å². The van der Waals surface area contributed by atoms with Gasteiger partial charge in [0.2, 0.25) is 0 Å². The Hall–Kier alpha value is -1.64. The van der Waals surface area contributed by atoms with Gasteiger partial charge in [-0.05, 0) is 120 Å². The molecule has 14 N–H and O–H groups in total. The molecule has 29 heteroatoms. The molecule has 0 aromatic heterocycles. The van der Waals surface area contributed by atoms with Crippen LogP contribution in [0.15, 0.2) is 11.6 Å². The Labute approximate surface area is 532 Å². The lowest BCUT2D eigenvalue weighted by molar-refractivity contribution is -0.393. The van der Waals surface area contributed by atoms with Crippen molar-refractivity contribution < 1.29 is 136 Å². The molecule has 4 aliphatic carbocycles. The van der Waals surface area contributed by atoms with Crippen molar-refractivity contribution >= 4 is 16.2 Å². The minimum Gasteiger partial charge on any atom is -0.394 e. The summed E-state index contributed by atoms with van der Waals surface area (Å²) < 4.78 is 103. The van der Waals surface area contributed by atoms with Crippen molar-refractivity contribution in [2.45, 2.75) is 279 Å². The molecule has 91 heavy (non-hydrogen) atoms. The number of carbonyl (C=O) groups is 1. The number of aliphatic hydroxyl groups excluding tert-OH is 12. The highest BCUT2D eigenvalue weighted by atomic mass is 32.3. The topological polar surface area (TPSA) is 436 Å². The molecule has 9 aliphatic rings. The van der Waals surface area contributed by atoms with E-state index >= 15 is 0 Å². The Kier molecular flexibility index (Phi) is 23.5. The Morgan fingerprint density at radius 1 is 0.615 bits per heavy atom. The van der Waals surface area contributed by atoms with Crippen molar-refractivity contribution in [2.24, 2.45) is 58.2 Å². The quantitative estimate of drug-likeness (QED) is 0.0435. The maximum absolute atomic E-state index is 13.7. The van der Waals surface area contributed by atoms with Gasteiger partial charge in [-0.2, -0.15) is 8.42 Å². The standard InChI is InChI=1S/C62H104O28S/c1-25(2)26(3)38(64)19-62(10,76)43-12-11-35-32-18-39(37-17-31(90-91(77,78)79)13-15-60(37,8)36(32)14-16-61(35,43)9)86-58-55(88-59-56(53(74)49(70)40(20-63)87-59)89-57-54(75)52(73)47(68)30(7)84-57)34(45(66)28(5)85-58)22-81-23-41-48(69)33(44(65)27(4)82-41)21-80-24-42-50(71)51(72)46(67)29(6)83-42/h14,25-35,37,39-59,63,65-76H,11-13,15-24H2,1-10H3,(H,77,78,79)/t26?,27-,28-,29-,30-,31+,32?,33-,34-,35?,37?,39?,40-,41+,42+,43+,44-,45-,46-,47+,48-,49+,50+,51+,52+,53+,54-,55-,56-,57+,58?,59+,60-,61+,62?/m1/s1. The molecule has 526 valence electrons. The first kappa shape index (κ1) is 73.6. The van der Waals surface area contributed by atoms with Crippen LogP contribution in [-0.4, -0.2) is 277 Å². The third-order valence-electron chi connectivity index (χ3n) is 22.8. The van der Waals surface area contributed by atoms with Gasteiger partial charge < -0.3 is 114 Å². The van der Waals surface area contributed by atoms with E-state index in [2.05, 4.69) is 19.9 Å². The second-order valence-electron chi connectivity index (χ2n) is 29.0. The van der Waals surface area contributed by atoms with E-state index in [0.717, 1.165) is 5.57 Å². The van der Waals surface area contributed by atoms with Crippen LogP contribution in [0.5, 0.6) is 0 Å². The van der Waals surface area contributed by atoms with Crippen LogP contribution in [0.25, 0.3) is 0 Å². The highest BCUT2D eigenvalue weighted by Crippen LogP contribution is 2.67. The molecular formula is C62H104O28S. The number of ether oxygens (including phenoxy) is 10. The lowest BCUT2D eigenvalue weighted by atomic mass is 9.47.